The Hall–Kier alpha value is -1.01. The van der Waals surface area contributed by atoms with Gasteiger partial charge in [-0.2, -0.15) is 0 Å². The van der Waals surface area contributed by atoms with E-state index in [9.17, 15) is 4.79 Å². The quantitative estimate of drug-likeness (QED) is 0.481. The van der Waals surface area contributed by atoms with Crippen LogP contribution in [-0.4, -0.2) is 34.6 Å². The average Bonchev–Trinajstić information content (AvgIpc) is 2.28. The number of hydrogen-bond acceptors (Lipinski definition) is 2. The molecule has 1 fully saturated rings. The van der Waals surface area contributed by atoms with Crippen molar-refractivity contribution < 1.29 is 9.90 Å². The standard InChI is InChI=1S/C8H11NO2/c1-3-8(11)9-5-7(10)4-6(9)2/h1,6-7,10H,4-5H2,2H3. The molecule has 3 heteroatoms. The Morgan fingerprint density at radius 1 is 1.82 bits per heavy atom. The lowest BCUT2D eigenvalue weighted by atomic mass is 10.2. The van der Waals surface area contributed by atoms with Gasteiger partial charge in [-0.15, -0.1) is 6.42 Å². The highest BCUT2D eigenvalue weighted by Crippen LogP contribution is 2.16. The van der Waals surface area contributed by atoms with Gasteiger partial charge < -0.3 is 10.0 Å². The second-order valence-corrected chi connectivity index (χ2v) is 2.84. The third-order valence-corrected chi connectivity index (χ3v) is 1.94. The maximum atomic E-state index is 10.9. The van der Waals surface area contributed by atoms with Crippen LogP contribution in [0.5, 0.6) is 0 Å². The summed E-state index contributed by atoms with van der Waals surface area (Å²) in [5, 5.41) is 9.15. The molecule has 1 N–H and O–H groups in total. The summed E-state index contributed by atoms with van der Waals surface area (Å²) in [5.74, 6) is 1.71. The molecule has 0 aromatic carbocycles. The average molecular weight is 153 g/mol. The molecule has 0 radical (unpaired) electrons. The number of aliphatic hydroxyl groups excluding tert-OH is 1. The van der Waals surface area contributed by atoms with Crippen molar-refractivity contribution in [3.8, 4) is 12.3 Å². The van der Waals surface area contributed by atoms with Crippen molar-refractivity contribution in [2.45, 2.75) is 25.5 Å². The summed E-state index contributed by atoms with van der Waals surface area (Å²) in [4.78, 5) is 12.5. The Morgan fingerprint density at radius 2 is 2.45 bits per heavy atom. The lowest BCUT2D eigenvalue weighted by molar-refractivity contribution is -0.125. The maximum absolute atomic E-state index is 10.9. The number of carbonyl (C=O) groups excluding carboxylic acids is 1. The Balaban J connectivity index is 2.61. The molecule has 0 aromatic rings. The highest BCUT2D eigenvalue weighted by Gasteiger charge is 2.29. The number of hydrogen-bond donors (Lipinski definition) is 1. The van der Waals surface area contributed by atoms with Crippen molar-refractivity contribution in [2.75, 3.05) is 6.54 Å². The third-order valence-electron chi connectivity index (χ3n) is 1.94. The molecule has 0 aliphatic carbocycles. The molecule has 0 spiro atoms. The van der Waals surface area contributed by atoms with E-state index in [0.29, 0.717) is 13.0 Å². The minimum atomic E-state index is -0.401. The van der Waals surface area contributed by atoms with Gasteiger partial charge in [0.05, 0.1) is 6.10 Å². The van der Waals surface area contributed by atoms with E-state index >= 15 is 0 Å². The zero-order chi connectivity index (χ0) is 8.43. The Kier molecular flexibility index (Phi) is 2.16. The molecule has 1 amide bonds. The molecule has 0 saturated carbocycles. The molecule has 2 unspecified atom stereocenters. The van der Waals surface area contributed by atoms with Gasteiger partial charge in [-0.05, 0) is 19.3 Å². The SMILES string of the molecule is C#CC(=O)N1CC(O)CC1C. The molecule has 0 bridgehead atoms. The molecule has 1 aliphatic rings. The highest BCUT2D eigenvalue weighted by molar-refractivity contribution is 5.93. The van der Waals surface area contributed by atoms with Crippen LogP contribution in [0.2, 0.25) is 0 Å². The summed E-state index contributed by atoms with van der Waals surface area (Å²) < 4.78 is 0. The van der Waals surface area contributed by atoms with Gasteiger partial charge in [0.15, 0.2) is 0 Å². The number of nitrogens with zero attached hydrogens (tertiary/aromatic N) is 1. The van der Waals surface area contributed by atoms with Crippen molar-refractivity contribution in [3.63, 3.8) is 0 Å². The van der Waals surface area contributed by atoms with Crippen LogP contribution in [0.25, 0.3) is 0 Å². The normalized spacial score (nSPS) is 30.1. The summed E-state index contributed by atoms with van der Waals surface area (Å²) in [5.41, 5.74) is 0. The van der Waals surface area contributed by atoms with Crippen LogP contribution < -0.4 is 0 Å². The van der Waals surface area contributed by atoms with Gasteiger partial charge in [0.1, 0.15) is 0 Å². The van der Waals surface area contributed by atoms with Gasteiger partial charge in [-0.1, -0.05) is 0 Å². The van der Waals surface area contributed by atoms with E-state index in [0.717, 1.165) is 0 Å². The van der Waals surface area contributed by atoms with E-state index < -0.39 is 6.10 Å². The number of aliphatic hydroxyl groups is 1. The molecule has 3 nitrogen and oxygen atoms in total. The van der Waals surface area contributed by atoms with Crippen molar-refractivity contribution in [3.05, 3.63) is 0 Å². The Labute approximate surface area is 66.0 Å². The summed E-state index contributed by atoms with van der Waals surface area (Å²) in [6.45, 7) is 2.26. The number of β-amino-alcohol motifs (C(OH)–C–C–N with tert-alkyl or cyclic N) is 1. The summed E-state index contributed by atoms with van der Waals surface area (Å²) in [6.07, 6.45) is 5.17. The number of amides is 1. The Bertz CT molecular complexity index is 207. The third kappa shape index (κ3) is 1.52. The predicted octanol–water partition coefficient (Wildman–Crippen LogP) is -0.399. The lowest BCUT2D eigenvalue weighted by Crippen LogP contribution is -2.33. The molecular formula is C8H11NO2. The van der Waals surface area contributed by atoms with Crippen LogP contribution in [0.3, 0.4) is 0 Å². The summed E-state index contributed by atoms with van der Waals surface area (Å²) in [6, 6.07) is 0.0774. The first-order valence-corrected chi connectivity index (χ1v) is 3.60. The van der Waals surface area contributed by atoms with E-state index in [4.69, 9.17) is 11.5 Å². The van der Waals surface area contributed by atoms with Crippen molar-refractivity contribution in [2.24, 2.45) is 0 Å². The van der Waals surface area contributed by atoms with Crippen molar-refractivity contribution >= 4 is 5.91 Å². The Morgan fingerprint density at radius 3 is 2.82 bits per heavy atom. The van der Waals surface area contributed by atoms with Crippen LogP contribution in [0.15, 0.2) is 0 Å². The van der Waals surface area contributed by atoms with E-state index in [2.05, 4.69) is 0 Å². The van der Waals surface area contributed by atoms with Crippen LogP contribution in [0, 0.1) is 12.3 Å². The van der Waals surface area contributed by atoms with Crippen molar-refractivity contribution in [1.82, 2.24) is 4.90 Å². The highest BCUT2D eigenvalue weighted by atomic mass is 16.3. The maximum Gasteiger partial charge on any atom is 0.298 e. The van der Waals surface area contributed by atoms with E-state index in [-0.39, 0.29) is 11.9 Å². The molecule has 2 atom stereocenters. The number of carbonyl (C=O) groups is 1. The van der Waals surface area contributed by atoms with Crippen LogP contribution >= 0.6 is 0 Å². The zero-order valence-corrected chi connectivity index (χ0v) is 6.45. The fourth-order valence-electron chi connectivity index (χ4n) is 1.37. The second kappa shape index (κ2) is 2.93. The predicted molar refractivity (Wildman–Crippen MR) is 40.6 cm³/mol. The van der Waals surface area contributed by atoms with Gasteiger partial charge in [0, 0.05) is 12.6 Å². The minimum Gasteiger partial charge on any atom is -0.391 e. The molecule has 1 heterocycles. The zero-order valence-electron chi connectivity index (χ0n) is 6.45. The first-order valence-electron chi connectivity index (χ1n) is 3.60. The molecule has 1 rings (SSSR count). The number of likely N-dealkylation sites (tertiary alicyclic amines) is 1. The van der Waals surface area contributed by atoms with Gasteiger partial charge in [-0.3, -0.25) is 4.79 Å². The van der Waals surface area contributed by atoms with Crippen LogP contribution in [0.1, 0.15) is 13.3 Å². The lowest BCUT2D eigenvalue weighted by Gasteiger charge is -2.17. The first-order chi connectivity index (χ1) is 5.15. The first kappa shape index (κ1) is 8.09. The van der Waals surface area contributed by atoms with E-state index in [1.54, 1.807) is 0 Å². The van der Waals surface area contributed by atoms with Gasteiger partial charge in [-0.25, -0.2) is 0 Å². The molecule has 60 valence electrons. The fourth-order valence-corrected chi connectivity index (χ4v) is 1.37. The van der Waals surface area contributed by atoms with Crippen LogP contribution in [-0.2, 0) is 4.79 Å². The van der Waals surface area contributed by atoms with Gasteiger partial charge in [0.2, 0.25) is 0 Å². The minimum absolute atomic E-state index is 0.0774. The second-order valence-electron chi connectivity index (χ2n) is 2.84. The smallest absolute Gasteiger partial charge is 0.298 e. The molecular weight excluding hydrogens is 142 g/mol. The van der Waals surface area contributed by atoms with E-state index in [1.165, 1.54) is 4.90 Å². The van der Waals surface area contributed by atoms with Crippen molar-refractivity contribution in [1.29, 1.82) is 0 Å². The summed E-state index contributed by atoms with van der Waals surface area (Å²) >= 11 is 0. The monoisotopic (exact) mass is 153 g/mol. The fraction of sp³-hybridized carbons (Fsp3) is 0.625. The molecule has 1 aliphatic heterocycles. The number of rotatable bonds is 0. The molecule has 11 heavy (non-hydrogen) atoms. The summed E-state index contributed by atoms with van der Waals surface area (Å²) in [7, 11) is 0. The largest absolute Gasteiger partial charge is 0.391 e. The van der Waals surface area contributed by atoms with E-state index in [1.807, 2.05) is 12.8 Å². The van der Waals surface area contributed by atoms with Crippen LogP contribution in [0.4, 0.5) is 0 Å². The van der Waals surface area contributed by atoms with Gasteiger partial charge >= 0.3 is 0 Å². The topological polar surface area (TPSA) is 40.5 Å². The molecule has 0 aromatic heterocycles. The molecule has 1 saturated heterocycles. The van der Waals surface area contributed by atoms with Gasteiger partial charge in [0.25, 0.3) is 5.91 Å². The number of terminal acetylenes is 1.